The second-order valence-electron chi connectivity index (χ2n) is 5.95. The van der Waals surface area contributed by atoms with E-state index in [2.05, 4.69) is 15.5 Å². The summed E-state index contributed by atoms with van der Waals surface area (Å²) in [5, 5.41) is 19.5. The Hall–Kier alpha value is -2.70. The van der Waals surface area contributed by atoms with E-state index in [1.807, 2.05) is 44.2 Å². The second kappa shape index (κ2) is 8.24. The summed E-state index contributed by atoms with van der Waals surface area (Å²) in [6.45, 7) is 3.82. The third-order valence-corrected chi connectivity index (χ3v) is 3.39. The van der Waals surface area contributed by atoms with Crippen molar-refractivity contribution in [1.29, 1.82) is 0 Å². The zero-order chi connectivity index (χ0) is 17.5. The number of benzene rings is 1. The third-order valence-electron chi connectivity index (χ3n) is 3.39. The van der Waals surface area contributed by atoms with Gasteiger partial charge >= 0.3 is 5.97 Å². The number of rotatable bonds is 8. The van der Waals surface area contributed by atoms with Crippen LogP contribution in [0.25, 0.3) is 11.5 Å². The first-order valence-electron chi connectivity index (χ1n) is 7.85. The predicted molar refractivity (Wildman–Crippen MR) is 87.1 cm³/mol. The molecule has 1 aromatic carbocycles. The number of hydrogen-bond donors (Lipinski definition) is 2. The molecular formula is C17H21N3O4. The molecular weight excluding hydrogens is 310 g/mol. The van der Waals surface area contributed by atoms with Crippen molar-refractivity contribution in [2.75, 3.05) is 0 Å². The van der Waals surface area contributed by atoms with Crippen molar-refractivity contribution in [3.8, 4) is 11.5 Å². The van der Waals surface area contributed by atoms with Gasteiger partial charge in [0.25, 0.3) is 0 Å². The van der Waals surface area contributed by atoms with Gasteiger partial charge in [0.2, 0.25) is 17.7 Å². The average Bonchev–Trinajstić information content (AvgIpc) is 3.01. The molecule has 1 unspecified atom stereocenters. The Bertz CT molecular complexity index is 682. The van der Waals surface area contributed by atoms with Crippen LogP contribution in [0.1, 0.15) is 32.6 Å². The Morgan fingerprint density at radius 2 is 1.92 bits per heavy atom. The summed E-state index contributed by atoms with van der Waals surface area (Å²) in [4.78, 5) is 23.1. The largest absolute Gasteiger partial charge is 0.480 e. The fourth-order valence-corrected chi connectivity index (χ4v) is 2.23. The minimum Gasteiger partial charge on any atom is -0.480 e. The first-order chi connectivity index (χ1) is 11.5. The molecule has 1 aromatic heterocycles. The van der Waals surface area contributed by atoms with Crippen molar-refractivity contribution in [2.45, 2.75) is 39.2 Å². The normalized spacial score (nSPS) is 12.1. The molecule has 0 fully saturated rings. The molecule has 0 aliphatic rings. The van der Waals surface area contributed by atoms with Crippen LogP contribution in [-0.4, -0.2) is 33.2 Å². The van der Waals surface area contributed by atoms with Crippen LogP contribution in [0, 0.1) is 5.92 Å². The lowest BCUT2D eigenvalue weighted by atomic mass is 10.0. The molecule has 24 heavy (non-hydrogen) atoms. The van der Waals surface area contributed by atoms with E-state index in [0.717, 1.165) is 5.56 Å². The van der Waals surface area contributed by atoms with E-state index in [9.17, 15) is 9.59 Å². The van der Waals surface area contributed by atoms with Gasteiger partial charge in [-0.3, -0.25) is 4.79 Å². The van der Waals surface area contributed by atoms with Crippen LogP contribution in [-0.2, 0) is 16.0 Å². The topological polar surface area (TPSA) is 105 Å². The van der Waals surface area contributed by atoms with E-state index < -0.39 is 12.0 Å². The maximum atomic E-state index is 11.9. The molecule has 1 amide bonds. The molecule has 2 aromatic rings. The predicted octanol–water partition coefficient (Wildman–Crippen LogP) is 2.28. The van der Waals surface area contributed by atoms with Gasteiger partial charge in [0, 0.05) is 18.4 Å². The number of amides is 1. The van der Waals surface area contributed by atoms with Crippen molar-refractivity contribution in [1.82, 2.24) is 15.5 Å². The van der Waals surface area contributed by atoms with Crippen LogP contribution in [0.3, 0.4) is 0 Å². The molecule has 0 aliphatic carbocycles. The maximum absolute atomic E-state index is 11.9. The minimum atomic E-state index is -1.03. The summed E-state index contributed by atoms with van der Waals surface area (Å²) in [6.07, 6.45) is 0.748. The van der Waals surface area contributed by atoms with Gasteiger partial charge < -0.3 is 14.8 Å². The van der Waals surface area contributed by atoms with Crippen LogP contribution >= 0.6 is 0 Å². The molecule has 2 rings (SSSR count). The number of carbonyl (C=O) groups is 2. The van der Waals surface area contributed by atoms with Gasteiger partial charge in [-0.05, 0) is 24.5 Å². The van der Waals surface area contributed by atoms with Gasteiger partial charge in [-0.1, -0.05) is 32.0 Å². The summed E-state index contributed by atoms with van der Waals surface area (Å²) >= 11 is 0. The first kappa shape index (κ1) is 17.7. The van der Waals surface area contributed by atoms with Gasteiger partial charge in [-0.2, -0.15) is 0 Å². The van der Waals surface area contributed by atoms with E-state index in [-0.39, 0.29) is 24.7 Å². The summed E-state index contributed by atoms with van der Waals surface area (Å²) in [6, 6.07) is 8.46. The molecule has 0 saturated heterocycles. The number of aryl methyl sites for hydroxylation is 1. The Morgan fingerprint density at radius 1 is 1.21 bits per heavy atom. The third kappa shape index (κ3) is 5.19. The highest BCUT2D eigenvalue weighted by Gasteiger charge is 2.21. The summed E-state index contributed by atoms with van der Waals surface area (Å²) in [5.41, 5.74) is 0.809. The lowest BCUT2D eigenvalue weighted by Crippen LogP contribution is -2.41. The van der Waals surface area contributed by atoms with Crippen LogP contribution in [0.2, 0.25) is 0 Å². The van der Waals surface area contributed by atoms with Gasteiger partial charge in [-0.25, -0.2) is 4.79 Å². The molecule has 0 saturated carbocycles. The molecule has 2 N–H and O–H groups in total. The van der Waals surface area contributed by atoms with Crippen molar-refractivity contribution >= 4 is 11.9 Å². The Balaban J connectivity index is 1.88. The minimum absolute atomic E-state index is 0.0955. The summed E-state index contributed by atoms with van der Waals surface area (Å²) in [7, 11) is 0. The maximum Gasteiger partial charge on any atom is 0.326 e. The molecule has 1 atom stereocenters. The number of nitrogens with one attached hydrogen (secondary N) is 1. The van der Waals surface area contributed by atoms with Crippen molar-refractivity contribution in [3.05, 3.63) is 36.2 Å². The highest BCUT2D eigenvalue weighted by Crippen LogP contribution is 2.17. The van der Waals surface area contributed by atoms with Gasteiger partial charge in [0.1, 0.15) is 6.04 Å². The van der Waals surface area contributed by atoms with Gasteiger partial charge in [-0.15, -0.1) is 10.2 Å². The van der Waals surface area contributed by atoms with Crippen molar-refractivity contribution in [3.63, 3.8) is 0 Å². The second-order valence-corrected chi connectivity index (χ2v) is 5.95. The fraction of sp³-hybridized carbons (Fsp3) is 0.412. The van der Waals surface area contributed by atoms with E-state index in [1.54, 1.807) is 0 Å². The van der Waals surface area contributed by atoms with E-state index in [0.29, 0.717) is 18.2 Å². The number of carboxylic acids is 1. The zero-order valence-corrected chi connectivity index (χ0v) is 13.7. The molecule has 0 radical (unpaired) electrons. The Labute approximate surface area is 140 Å². The summed E-state index contributed by atoms with van der Waals surface area (Å²) < 4.78 is 5.52. The van der Waals surface area contributed by atoms with Crippen LogP contribution in [0.5, 0.6) is 0 Å². The van der Waals surface area contributed by atoms with E-state index >= 15 is 0 Å². The molecule has 7 heteroatoms. The van der Waals surface area contributed by atoms with Gasteiger partial charge in [0.05, 0.1) is 0 Å². The first-order valence-corrected chi connectivity index (χ1v) is 7.85. The fourth-order valence-electron chi connectivity index (χ4n) is 2.23. The lowest BCUT2D eigenvalue weighted by Gasteiger charge is -2.16. The van der Waals surface area contributed by atoms with E-state index in [1.165, 1.54) is 0 Å². The number of carboxylic acid groups (broad SMARTS) is 1. The quantitative estimate of drug-likeness (QED) is 0.769. The standard InChI is InChI=1S/C17H21N3O4/c1-11(2)10-13(17(22)23)18-14(21)8-9-15-19-20-16(24-15)12-6-4-3-5-7-12/h3-7,11,13H,8-10H2,1-2H3,(H,18,21)(H,22,23). The average molecular weight is 331 g/mol. The lowest BCUT2D eigenvalue weighted by molar-refractivity contribution is -0.142. The van der Waals surface area contributed by atoms with E-state index in [4.69, 9.17) is 9.52 Å². The number of hydrogen-bond acceptors (Lipinski definition) is 5. The van der Waals surface area contributed by atoms with Crippen LogP contribution in [0.4, 0.5) is 0 Å². The summed E-state index contributed by atoms with van der Waals surface area (Å²) in [5.74, 6) is -0.451. The number of aromatic nitrogens is 2. The molecule has 0 bridgehead atoms. The molecule has 128 valence electrons. The highest BCUT2D eigenvalue weighted by atomic mass is 16.4. The molecule has 0 spiro atoms. The van der Waals surface area contributed by atoms with Crippen LogP contribution in [0.15, 0.2) is 34.7 Å². The molecule has 1 heterocycles. The van der Waals surface area contributed by atoms with Gasteiger partial charge in [0.15, 0.2) is 0 Å². The smallest absolute Gasteiger partial charge is 0.326 e. The molecule has 7 nitrogen and oxygen atoms in total. The SMILES string of the molecule is CC(C)CC(NC(=O)CCc1nnc(-c2ccccc2)o1)C(=O)O. The number of aliphatic carboxylic acids is 1. The monoisotopic (exact) mass is 331 g/mol. The number of carbonyl (C=O) groups excluding carboxylic acids is 1. The van der Waals surface area contributed by atoms with Crippen molar-refractivity contribution in [2.24, 2.45) is 5.92 Å². The Morgan fingerprint density at radius 3 is 2.54 bits per heavy atom. The number of nitrogens with zero attached hydrogens (tertiary/aromatic N) is 2. The van der Waals surface area contributed by atoms with Crippen molar-refractivity contribution < 1.29 is 19.1 Å². The zero-order valence-electron chi connectivity index (χ0n) is 13.7. The van der Waals surface area contributed by atoms with Crippen LogP contribution < -0.4 is 5.32 Å². The highest BCUT2D eigenvalue weighted by molar-refractivity contribution is 5.83. The Kier molecular flexibility index (Phi) is 6.06. The molecule has 0 aliphatic heterocycles.